The van der Waals surface area contributed by atoms with Gasteiger partial charge in [0.1, 0.15) is 18.9 Å². The molecule has 4 rings (SSSR count). The molecule has 168 valence electrons. The molecule has 1 amide bonds. The van der Waals surface area contributed by atoms with Gasteiger partial charge in [-0.15, -0.1) is 0 Å². The van der Waals surface area contributed by atoms with E-state index in [-0.39, 0.29) is 29.9 Å². The normalized spacial score (nSPS) is 21.4. The molecule has 1 N–H and O–H groups in total. The van der Waals surface area contributed by atoms with Crippen LogP contribution >= 0.6 is 0 Å². The lowest BCUT2D eigenvalue weighted by atomic mass is 9.81. The van der Waals surface area contributed by atoms with Gasteiger partial charge in [0.15, 0.2) is 0 Å². The number of para-hydroxylation sites is 1. The smallest absolute Gasteiger partial charge is 0.234 e. The fourth-order valence-corrected chi connectivity index (χ4v) is 4.60. The first kappa shape index (κ1) is 24.0. The average molecular weight is 536 g/mol. The summed E-state index contributed by atoms with van der Waals surface area (Å²) in [5, 5.41) is 3.10. The number of nitrogens with one attached hydrogen (secondary N) is 1. The highest BCUT2D eigenvalue weighted by Crippen LogP contribution is 2.35. The van der Waals surface area contributed by atoms with E-state index in [2.05, 4.69) is 31.5 Å². The van der Waals surface area contributed by atoms with Crippen LogP contribution in [-0.2, 0) is 22.5 Å². The molecule has 0 bridgehead atoms. The Morgan fingerprint density at radius 3 is 2.48 bits per heavy atom. The molecule has 1 fully saturated rings. The summed E-state index contributed by atoms with van der Waals surface area (Å²) in [6.45, 7) is 5.07. The Morgan fingerprint density at radius 2 is 1.77 bits per heavy atom. The van der Waals surface area contributed by atoms with Crippen molar-refractivity contribution in [3.05, 3.63) is 59.7 Å². The van der Waals surface area contributed by atoms with E-state index < -0.39 is 5.41 Å². The summed E-state index contributed by atoms with van der Waals surface area (Å²) < 4.78 is 12.3. The van der Waals surface area contributed by atoms with Crippen LogP contribution in [0.5, 0.6) is 5.75 Å². The number of rotatable bonds is 5. The van der Waals surface area contributed by atoms with Gasteiger partial charge >= 0.3 is 0 Å². The number of carbonyl (C=O) groups excluding carboxylic acids is 1. The highest BCUT2D eigenvalue weighted by Gasteiger charge is 2.38. The van der Waals surface area contributed by atoms with Gasteiger partial charge in [0.25, 0.3) is 0 Å². The second kappa shape index (κ2) is 9.88. The van der Waals surface area contributed by atoms with Gasteiger partial charge in [-0.05, 0) is 37.1 Å². The molecule has 0 aromatic heterocycles. The number of anilines is 1. The van der Waals surface area contributed by atoms with Crippen LogP contribution in [0, 0.1) is 5.41 Å². The third-order valence-corrected chi connectivity index (χ3v) is 6.63. The predicted octanol–water partition coefficient (Wildman–Crippen LogP) is 1.03. The van der Waals surface area contributed by atoms with Crippen molar-refractivity contribution in [2.24, 2.45) is 5.41 Å². The molecular formula is C25H33IN2O3. The van der Waals surface area contributed by atoms with Gasteiger partial charge in [0.05, 0.1) is 38.8 Å². The van der Waals surface area contributed by atoms with Gasteiger partial charge < -0.3 is 43.3 Å². The highest BCUT2D eigenvalue weighted by atomic mass is 127. The molecule has 2 aliphatic rings. The Hall–Kier alpha value is -1.64. The van der Waals surface area contributed by atoms with Crippen LogP contribution in [0.3, 0.4) is 0 Å². The van der Waals surface area contributed by atoms with Crippen LogP contribution in [0.15, 0.2) is 48.5 Å². The van der Waals surface area contributed by atoms with E-state index in [1.165, 1.54) is 5.56 Å². The summed E-state index contributed by atoms with van der Waals surface area (Å²) in [4.78, 5) is 13.0. The molecule has 31 heavy (non-hydrogen) atoms. The van der Waals surface area contributed by atoms with E-state index in [1.54, 1.807) is 0 Å². The molecule has 1 atom stereocenters. The van der Waals surface area contributed by atoms with E-state index in [9.17, 15) is 4.79 Å². The molecule has 6 heteroatoms. The molecule has 1 saturated heterocycles. The van der Waals surface area contributed by atoms with Gasteiger partial charge in [-0.2, -0.15) is 0 Å². The quantitative estimate of drug-likeness (QED) is 0.459. The molecule has 5 nitrogen and oxygen atoms in total. The lowest BCUT2D eigenvalue weighted by Gasteiger charge is -2.40. The van der Waals surface area contributed by atoms with Crippen LogP contribution in [0.2, 0.25) is 0 Å². The Morgan fingerprint density at radius 1 is 1.10 bits per heavy atom. The van der Waals surface area contributed by atoms with Crippen LogP contribution in [0.4, 0.5) is 5.69 Å². The lowest BCUT2D eigenvalue weighted by Crippen LogP contribution is -3.00. The topological polar surface area (TPSA) is 47.6 Å². The van der Waals surface area contributed by atoms with Crippen molar-refractivity contribution in [3.63, 3.8) is 0 Å². The summed E-state index contributed by atoms with van der Waals surface area (Å²) in [7, 11) is 4.60. The Balaban J connectivity index is 0.00000272. The molecule has 0 spiro atoms. The minimum Gasteiger partial charge on any atom is -1.00 e. The van der Waals surface area contributed by atoms with Gasteiger partial charge in [0, 0.05) is 24.1 Å². The summed E-state index contributed by atoms with van der Waals surface area (Å²) in [6.07, 6.45) is 2.92. The molecule has 0 aliphatic carbocycles. The minimum absolute atomic E-state index is 0. The number of fused-ring (bicyclic) bond motifs is 1. The first-order chi connectivity index (χ1) is 14.4. The number of halogens is 1. The van der Waals surface area contributed by atoms with E-state index in [4.69, 9.17) is 9.47 Å². The fraction of sp³-hybridized carbons (Fsp3) is 0.480. The first-order valence-electron chi connectivity index (χ1n) is 10.9. The maximum atomic E-state index is 13.0. The summed E-state index contributed by atoms with van der Waals surface area (Å²) in [6, 6.07) is 16.9. The van der Waals surface area contributed by atoms with Crippen molar-refractivity contribution < 1.29 is 42.7 Å². The molecule has 2 aromatic rings. The summed E-state index contributed by atoms with van der Waals surface area (Å²) in [5.74, 6) is 0.889. The molecule has 2 aromatic carbocycles. The number of carbonyl (C=O) groups is 1. The maximum Gasteiger partial charge on any atom is 0.234 e. The number of amides is 1. The maximum absolute atomic E-state index is 13.0. The van der Waals surface area contributed by atoms with E-state index in [1.807, 2.05) is 43.3 Å². The SMILES string of the molecule is CC1(C(=O)Nc2ccc(C[N+](C)(C)C3CCOCC3)cc2)COc2ccccc2C1.[I-]. The third-order valence-electron chi connectivity index (χ3n) is 6.63. The van der Waals surface area contributed by atoms with Gasteiger partial charge in [-0.3, -0.25) is 4.79 Å². The molecule has 0 saturated carbocycles. The van der Waals surface area contributed by atoms with Gasteiger partial charge in [-0.1, -0.05) is 30.3 Å². The molecule has 1 unspecified atom stereocenters. The zero-order chi connectivity index (χ0) is 21.2. The zero-order valence-corrected chi connectivity index (χ0v) is 20.9. The van der Waals surface area contributed by atoms with Crippen molar-refractivity contribution in [2.75, 3.05) is 39.2 Å². The molecule has 2 heterocycles. The molecule has 0 radical (unpaired) electrons. The molecule has 2 aliphatic heterocycles. The predicted molar refractivity (Wildman–Crippen MR) is 118 cm³/mol. The number of nitrogens with zero attached hydrogens (tertiary/aromatic N) is 1. The highest BCUT2D eigenvalue weighted by molar-refractivity contribution is 5.95. The van der Waals surface area contributed by atoms with Crippen molar-refractivity contribution in [1.82, 2.24) is 0 Å². The van der Waals surface area contributed by atoms with Crippen LogP contribution < -0.4 is 34.0 Å². The van der Waals surface area contributed by atoms with Gasteiger partial charge in [0.2, 0.25) is 5.91 Å². The van der Waals surface area contributed by atoms with Crippen LogP contribution in [0.1, 0.15) is 30.9 Å². The van der Waals surface area contributed by atoms with Crippen molar-refractivity contribution >= 4 is 11.6 Å². The fourth-order valence-electron chi connectivity index (χ4n) is 4.60. The Labute approximate surface area is 202 Å². The third kappa shape index (κ3) is 5.59. The number of hydrogen-bond acceptors (Lipinski definition) is 3. The standard InChI is InChI=1S/C25H32N2O3.HI/c1-25(16-20-6-4-5-7-23(20)30-18-25)24(28)26-21-10-8-19(9-11-21)17-27(2,3)22-12-14-29-15-13-22;/h4-11,22H,12-18H2,1-3H3;1H. The average Bonchev–Trinajstić information content (AvgIpc) is 2.75. The van der Waals surface area contributed by atoms with Crippen molar-refractivity contribution in [2.45, 2.75) is 38.8 Å². The van der Waals surface area contributed by atoms with E-state index >= 15 is 0 Å². The number of hydrogen-bond donors (Lipinski definition) is 1. The van der Waals surface area contributed by atoms with Crippen molar-refractivity contribution in [3.8, 4) is 5.75 Å². The number of ether oxygens (including phenoxy) is 2. The lowest BCUT2D eigenvalue weighted by molar-refractivity contribution is -0.929. The zero-order valence-electron chi connectivity index (χ0n) is 18.7. The second-order valence-electron chi connectivity index (χ2n) is 9.57. The van der Waals surface area contributed by atoms with E-state index in [0.717, 1.165) is 54.1 Å². The monoisotopic (exact) mass is 536 g/mol. The molecular weight excluding hydrogens is 503 g/mol. The van der Waals surface area contributed by atoms with Crippen molar-refractivity contribution in [1.29, 1.82) is 0 Å². The largest absolute Gasteiger partial charge is 1.00 e. The number of quaternary nitrogens is 1. The second-order valence-corrected chi connectivity index (χ2v) is 9.57. The van der Waals surface area contributed by atoms with Crippen LogP contribution in [-0.4, -0.2) is 50.3 Å². The minimum atomic E-state index is -0.574. The Bertz CT molecular complexity index is 894. The van der Waals surface area contributed by atoms with E-state index in [0.29, 0.717) is 19.1 Å². The Kier molecular flexibility index (Phi) is 7.65. The van der Waals surface area contributed by atoms with Gasteiger partial charge in [-0.25, -0.2) is 0 Å². The number of benzene rings is 2. The first-order valence-corrected chi connectivity index (χ1v) is 10.9. The summed E-state index contributed by atoms with van der Waals surface area (Å²) in [5.41, 5.74) is 2.63. The van der Waals surface area contributed by atoms with Crippen LogP contribution in [0.25, 0.3) is 0 Å². The summed E-state index contributed by atoms with van der Waals surface area (Å²) >= 11 is 0.